The molecule has 3 saturated heterocycles. The smallest absolute Gasteiger partial charge is 0.318 e. The highest BCUT2D eigenvalue weighted by Crippen LogP contribution is 2.42. The topological polar surface area (TPSA) is 122 Å². The van der Waals surface area contributed by atoms with Gasteiger partial charge in [0.05, 0.1) is 53.7 Å². The molecule has 2 aromatic heterocycles. The third-order valence-electron chi connectivity index (χ3n) is 10.3. The quantitative estimate of drug-likeness (QED) is 0.305. The average Bonchev–Trinajstić information content (AvgIpc) is 3.72. The SMILES string of the molecule is C=CC(=O)N1CCN(c2nc(OC[C@@H]3CCCN3C)nc3c2COC(c2c(Cl)c(C)cc4c2cnn4C2CCCCO2)C3)C[C@@H]1CC#N. The summed E-state index contributed by atoms with van der Waals surface area (Å²) in [4.78, 5) is 28.7. The molecular weight excluding hydrogens is 632 g/mol. The first-order chi connectivity index (χ1) is 23.4. The average molecular weight is 675 g/mol. The van der Waals surface area contributed by atoms with E-state index >= 15 is 0 Å². The Morgan fingerprint density at radius 1 is 1.19 bits per heavy atom. The summed E-state index contributed by atoms with van der Waals surface area (Å²) < 4.78 is 21.0. The van der Waals surface area contributed by atoms with Gasteiger partial charge in [-0.1, -0.05) is 18.2 Å². The highest BCUT2D eigenvalue weighted by atomic mass is 35.5. The van der Waals surface area contributed by atoms with E-state index in [-0.39, 0.29) is 37.3 Å². The van der Waals surface area contributed by atoms with Crippen LogP contribution in [-0.2, 0) is 27.3 Å². The molecule has 0 aliphatic carbocycles. The Labute approximate surface area is 286 Å². The minimum atomic E-state index is -0.359. The van der Waals surface area contributed by atoms with E-state index in [0.717, 1.165) is 84.4 Å². The second-order valence-corrected chi connectivity index (χ2v) is 13.7. The molecule has 0 spiro atoms. The van der Waals surface area contributed by atoms with Gasteiger partial charge in [0.25, 0.3) is 0 Å². The van der Waals surface area contributed by atoms with Crippen LogP contribution in [0.2, 0.25) is 5.02 Å². The van der Waals surface area contributed by atoms with Crippen molar-refractivity contribution in [1.82, 2.24) is 29.5 Å². The number of nitriles is 1. The van der Waals surface area contributed by atoms with Gasteiger partial charge in [-0.25, -0.2) is 4.68 Å². The van der Waals surface area contributed by atoms with E-state index in [1.165, 1.54) is 6.08 Å². The van der Waals surface area contributed by atoms with E-state index < -0.39 is 0 Å². The summed E-state index contributed by atoms with van der Waals surface area (Å²) in [5, 5.41) is 16.0. The van der Waals surface area contributed by atoms with Crippen LogP contribution in [0.3, 0.4) is 0 Å². The standard InChI is InChI=1S/C35H43ClN8O4/c1-4-30(45)43-14-13-42(19-23(43)10-11-37)34-26-21-47-29(17-27(26)39-35(40-34)48-20-24-8-7-12-41(24)3)32-25-18-38-44(31-9-5-6-15-46-31)28(25)16-22(2)33(32)36/h4,16,18,23-24,29,31H,1,5-10,12-15,17,19-21H2,2-3H3/t23-,24-,29?,31?/m0/s1. The number of hydrogen-bond donors (Lipinski definition) is 0. The number of halogens is 1. The molecule has 2 unspecified atom stereocenters. The Bertz CT molecular complexity index is 1730. The summed E-state index contributed by atoms with van der Waals surface area (Å²) in [6, 6.07) is 4.68. The zero-order valence-electron chi connectivity index (χ0n) is 27.7. The molecule has 13 heteroatoms. The monoisotopic (exact) mass is 674 g/mol. The van der Waals surface area contributed by atoms with Gasteiger partial charge >= 0.3 is 6.01 Å². The molecule has 254 valence electrons. The zero-order chi connectivity index (χ0) is 33.4. The van der Waals surface area contributed by atoms with Crippen LogP contribution in [0.5, 0.6) is 6.01 Å². The predicted octanol–water partition coefficient (Wildman–Crippen LogP) is 4.89. The van der Waals surface area contributed by atoms with Crippen molar-refractivity contribution in [2.45, 2.75) is 82.9 Å². The fourth-order valence-corrected chi connectivity index (χ4v) is 7.90. The molecule has 3 fully saturated rings. The van der Waals surface area contributed by atoms with E-state index in [2.05, 4.69) is 35.6 Å². The lowest BCUT2D eigenvalue weighted by Crippen LogP contribution is -2.55. The van der Waals surface area contributed by atoms with Crippen LogP contribution in [-0.4, -0.2) is 94.0 Å². The summed E-state index contributed by atoms with van der Waals surface area (Å²) in [7, 11) is 2.12. The number of benzene rings is 1. The highest BCUT2D eigenvalue weighted by molar-refractivity contribution is 6.33. The summed E-state index contributed by atoms with van der Waals surface area (Å²) in [6.45, 7) is 9.69. The van der Waals surface area contributed by atoms with Crippen LogP contribution < -0.4 is 9.64 Å². The van der Waals surface area contributed by atoms with Gasteiger partial charge < -0.3 is 28.9 Å². The van der Waals surface area contributed by atoms with Crippen molar-refractivity contribution < 1.29 is 19.0 Å². The number of nitrogens with zero attached hydrogens (tertiary/aromatic N) is 8. The molecule has 6 heterocycles. The number of likely N-dealkylation sites (tertiary alicyclic amines) is 1. The molecule has 0 N–H and O–H groups in total. The fourth-order valence-electron chi connectivity index (χ4n) is 7.62. The largest absolute Gasteiger partial charge is 0.462 e. The molecule has 7 rings (SSSR count). The Kier molecular flexibility index (Phi) is 9.56. The number of carbonyl (C=O) groups is 1. The Hall–Kier alpha value is -3.76. The number of fused-ring (bicyclic) bond motifs is 2. The maximum absolute atomic E-state index is 12.6. The molecule has 1 aromatic carbocycles. The third kappa shape index (κ3) is 6.25. The van der Waals surface area contributed by atoms with Gasteiger partial charge in [-0.2, -0.15) is 20.3 Å². The predicted molar refractivity (Wildman–Crippen MR) is 181 cm³/mol. The van der Waals surface area contributed by atoms with Crippen LogP contribution in [0.15, 0.2) is 24.9 Å². The lowest BCUT2D eigenvalue weighted by Gasteiger charge is -2.42. The van der Waals surface area contributed by atoms with Crippen LogP contribution in [0.25, 0.3) is 10.9 Å². The maximum atomic E-state index is 12.6. The van der Waals surface area contributed by atoms with Crippen LogP contribution in [0.4, 0.5) is 5.82 Å². The number of rotatable bonds is 8. The summed E-state index contributed by atoms with van der Waals surface area (Å²) in [5.41, 5.74) is 4.58. The molecule has 0 bridgehead atoms. The Morgan fingerprint density at radius 2 is 2.06 bits per heavy atom. The van der Waals surface area contributed by atoms with E-state index in [0.29, 0.717) is 49.7 Å². The summed E-state index contributed by atoms with van der Waals surface area (Å²) in [5.74, 6) is 0.555. The molecule has 1 amide bonds. The fraction of sp³-hybridized carbons (Fsp3) is 0.571. The van der Waals surface area contributed by atoms with Gasteiger partial charge in [-0.3, -0.25) is 4.79 Å². The van der Waals surface area contributed by atoms with Gasteiger partial charge in [0.15, 0.2) is 6.23 Å². The molecule has 0 radical (unpaired) electrons. The number of hydrogen-bond acceptors (Lipinski definition) is 10. The lowest BCUT2D eigenvalue weighted by atomic mass is 9.95. The second-order valence-electron chi connectivity index (χ2n) is 13.3. The second kappa shape index (κ2) is 14.0. The molecule has 4 aliphatic rings. The maximum Gasteiger partial charge on any atom is 0.318 e. The first-order valence-corrected chi connectivity index (χ1v) is 17.4. The molecule has 4 aliphatic heterocycles. The van der Waals surface area contributed by atoms with Crippen LogP contribution in [0, 0.1) is 18.3 Å². The normalized spacial score (nSPS) is 24.8. The number of aryl methyl sites for hydroxylation is 1. The van der Waals surface area contributed by atoms with Crippen LogP contribution >= 0.6 is 11.6 Å². The summed E-state index contributed by atoms with van der Waals surface area (Å²) in [6.07, 6.45) is 8.72. The number of anilines is 1. The van der Waals surface area contributed by atoms with Crippen molar-refractivity contribution in [3.05, 3.63) is 52.3 Å². The number of carbonyl (C=O) groups excluding carboxylic acids is 1. The van der Waals surface area contributed by atoms with E-state index in [1.807, 2.05) is 17.8 Å². The van der Waals surface area contributed by atoms with E-state index in [1.54, 1.807) is 4.90 Å². The molecule has 3 aromatic rings. The van der Waals surface area contributed by atoms with Crippen molar-refractivity contribution in [3.8, 4) is 12.1 Å². The van der Waals surface area contributed by atoms with Crippen LogP contribution in [0.1, 0.15) is 73.2 Å². The van der Waals surface area contributed by atoms with Gasteiger partial charge in [0, 0.05) is 55.2 Å². The molecule has 0 saturated carbocycles. The van der Waals surface area contributed by atoms with E-state index in [9.17, 15) is 10.1 Å². The summed E-state index contributed by atoms with van der Waals surface area (Å²) >= 11 is 7.06. The van der Waals surface area contributed by atoms with Crippen molar-refractivity contribution in [2.75, 3.05) is 51.3 Å². The third-order valence-corrected chi connectivity index (χ3v) is 10.8. The van der Waals surface area contributed by atoms with Gasteiger partial charge in [-0.15, -0.1) is 0 Å². The number of likely N-dealkylation sites (N-methyl/N-ethyl adjacent to an activating group) is 1. The lowest BCUT2D eigenvalue weighted by molar-refractivity contribution is -0.128. The van der Waals surface area contributed by atoms with Crippen molar-refractivity contribution in [1.29, 1.82) is 5.26 Å². The van der Waals surface area contributed by atoms with Gasteiger partial charge in [0.2, 0.25) is 5.91 Å². The number of amides is 1. The number of piperazine rings is 1. The molecule has 48 heavy (non-hydrogen) atoms. The van der Waals surface area contributed by atoms with Crippen molar-refractivity contribution in [2.24, 2.45) is 0 Å². The minimum Gasteiger partial charge on any atom is -0.462 e. The highest BCUT2D eigenvalue weighted by Gasteiger charge is 2.35. The molecule has 12 nitrogen and oxygen atoms in total. The molecular formula is C35H43ClN8O4. The van der Waals surface area contributed by atoms with Gasteiger partial charge in [0.1, 0.15) is 12.4 Å². The number of aromatic nitrogens is 4. The minimum absolute atomic E-state index is 0.0984. The van der Waals surface area contributed by atoms with Crippen molar-refractivity contribution in [3.63, 3.8) is 0 Å². The Balaban J connectivity index is 1.23. The first kappa shape index (κ1) is 32.8. The molecule has 4 atom stereocenters. The Morgan fingerprint density at radius 3 is 2.81 bits per heavy atom. The van der Waals surface area contributed by atoms with Gasteiger partial charge in [-0.05, 0) is 70.3 Å². The zero-order valence-corrected chi connectivity index (χ0v) is 28.5. The van der Waals surface area contributed by atoms with E-state index in [4.69, 9.17) is 40.9 Å². The number of ether oxygens (including phenoxy) is 3. The first-order valence-electron chi connectivity index (χ1n) is 17.0. The van der Waals surface area contributed by atoms with Crippen molar-refractivity contribution >= 4 is 34.2 Å².